The molecular formula is C16H18ClN3. The molecule has 3 nitrogen and oxygen atoms in total. The van der Waals surface area contributed by atoms with Crippen molar-refractivity contribution in [2.45, 2.75) is 38.6 Å². The van der Waals surface area contributed by atoms with Gasteiger partial charge < -0.3 is 5.32 Å². The predicted molar refractivity (Wildman–Crippen MR) is 82.3 cm³/mol. The summed E-state index contributed by atoms with van der Waals surface area (Å²) in [4.78, 5) is 8.41. The van der Waals surface area contributed by atoms with Crippen LogP contribution in [-0.2, 0) is 19.3 Å². The van der Waals surface area contributed by atoms with Gasteiger partial charge in [-0.1, -0.05) is 42.8 Å². The van der Waals surface area contributed by atoms with E-state index in [-0.39, 0.29) is 0 Å². The van der Waals surface area contributed by atoms with Gasteiger partial charge in [-0.3, -0.25) is 0 Å². The number of hydrogen-bond acceptors (Lipinski definition) is 3. The molecular weight excluding hydrogens is 270 g/mol. The van der Waals surface area contributed by atoms with Gasteiger partial charge in [0.1, 0.15) is 17.3 Å². The van der Waals surface area contributed by atoms with E-state index in [1.807, 2.05) is 0 Å². The highest BCUT2D eigenvalue weighted by molar-refractivity contribution is 6.30. The quantitative estimate of drug-likeness (QED) is 0.876. The van der Waals surface area contributed by atoms with Gasteiger partial charge >= 0.3 is 0 Å². The van der Waals surface area contributed by atoms with Crippen LogP contribution in [0.3, 0.4) is 0 Å². The molecule has 0 bridgehead atoms. The van der Waals surface area contributed by atoms with E-state index < -0.39 is 0 Å². The smallest absolute Gasteiger partial charge is 0.137 e. The van der Waals surface area contributed by atoms with Crippen LogP contribution in [0.5, 0.6) is 0 Å². The summed E-state index contributed by atoms with van der Waals surface area (Å²) in [7, 11) is 0. The van der Waals surface area contributed by atoms with Gasteiger partial charge in [-0.15, -0.1) is 0 Å². The molecule has 1 atom stereocenters. The number of nitrogens with zero attached hydrogens (tertiary/aromatic N) is 2. The van der Waals surface area contributed by atoms with Gasteiger partial charge in [0.2, 0.25) is 0 Å². The number of benzene rings is 1. The molecule has 4 heteroatoms. The Bertz CT molecular complexity index is 612. The van der Waals surface area contributed by atoms with Crippen LogP contribution in [-0.4, -0.2) is 16.0 Å². The molecule has 1 heterocycles. The molecule has 1 aliphatic carbocycles. The van der Waals surface area contributed by atoms with Gasteiger partial charge in [-0.25, -0.2) is 9.97 Å². The highest BCUT2D eigenvalue weighted by Crippen LogP contribution is 2.26. The molecule has 3 rings (SSSR count). The Morgan fingerprint density at radius 3 is 2.85 bits per heavy atom. The summed E-state index contributed by atoms with van der Waals surface area (Å²) < 4.78 is 0. The summed E-state index contributed by atoms with van der Waals surface area (Å²) in [5.41, 5.74) is 3.92. The van der Waals surface area contributed by atoms with Crippen LogP contribution < -0.4 is 5.32 Å². The maximum atomic E-state index is 6.14. The molecule has 20 heavy (non-hydrogen) atoms. The van der Waals surface area contributed by atoms with Crippen molar-refractivity contribution in [2.24, 2.45) is 0 Å². The number of rotatable bonds is 3. The zero-order valence-corrected chi connectivity index (χ0v) is 12.3. The first-order valence-corrected chi connectivity index (χ1v) is 7.48. The van der Waals surface area contributed by atoms with E-state index in [1.54, 1.807) is 0 Å². The van der Waals surface area contributed by atoms with Crippen LogP contribution in [0, 0.1) is 0 Å². The van der Waals surface area contributed by atoms with E-state index >= 15 is 0 Å². The number of nitrogens with one attached hydrogen (secondary N) is 1. The Balaban J connectivity index is 1.79. The average Bonchev–Trinajstić information content (AvgIpc) is 2.47. The molecule has 1 aromatic heterocycles. The second-order valence-electron chi connectivity index (χ2n) is 5.20. The largest absolute Gasteiger partial charge is 0.367 e. The van der Waals surface area contributed by atoms with Crippen LogP contribution in [0.15, 0.2) is 30.6 Å². The molecule has 1 aliphatic rings. The Morgan fingerprint density at radius 2 is 2.05 bits per heavy atom. The number of halogens is 1. The van der Waals surface area contributed by atoms with E-state index in [1.165, 1.54) is 17.5 Å². The summed E-state index contributed by atoms with van der Waals surface area (Å²) in [5.74, 6) is 0.886. The van der Waals surface area contributed by atoms with E-state index in [9.17, 15) is 0 Å². The fourth-order valence-corrected chi connectivity index (χ4v) is 3.11. The highest BCUT2D eigenvalue weighted by atomic mass is 35.5. The molecule has 1 aromatic carbocycles. The third-order valence-electron chi connectivity index (χ3n) is 3.93. The lowest BCUT2D eigenvalue weighted by Crippen LogP contribution is -2.28. The van der Waals surface area contributed by atoms with Crippen molar-refractivity contribution in [1.29, 1.82) is 0 Å². The third-order valence-corrected chi connectivity index (χ3v) is 4.26. The summed E-state index contributed by atoms with van der Waals surface area (Å²) in [5, 5.41) is 4.10. The first kappa shape index (κ1) is 13.4. The summed E-state index contributed by atoms with van der Waals surface area (Å²) in [6.07, 6.45) is 5.66. The Kier molecular flexibility index (Phi) is 3.88. The van der Waals surface area contributed by atoms with Crippen molar-refractivity contribution in [3.63, 3.8) is 0 Å². The highest BCUT2D eigenvalue weighted by Gasteiger charge is 2.19. The van der Waals surface area contributed by atoms with Crippen molar-refractivity contribution < 1.29 is 0 Å². The van der Waals surface area contributed by atoms with Gasteiger partial charge in [0.15, 0.2) is 0 Å². The lowest BCUT2D eigenvalue weighted by molar-refractivity contribution is 0.607. The number of hydrogen-bond donors (Lipinski definition) is 1. The second-order valence-corrected chi connectivity index (χ2v) is 5.56. The first-order chi connectivity index (χ1) is 9.78. The van der Waals surface area contributed by atoms with Crippen molar-refractivity contribution in [1.82, 2.24) is 9.97 Å². The SMILES string of the molecule is CCc1c(Cl)ncnc1NC1CCc2ccccc2C1. The van der Waals surface area contributed by atoms with E-state index in [0.29, 0.717) is 11.2 Å². The molecule has 104 valence electrons. The molecule has 0 spiro atoms. The zero-order chi connectivity index (χ0) is 13.9. The topological polar surface area (TPSA) is 37.8 Å². The molecule has 1 unspecified atom stereocenters. The fourth-order valence-electron chi connectivity index (χ4n) is 2.84. The van der Waals surface area contributed by atoms with Crippen LogP contribution in [0.2, 0.25) is 5.15 Å². The minimum atomic E-state index is 0.418. The van der Waals surface area contributed by atoms with Crippen molar-refractivity contribution in [2.75, 3.05) is 5.32 Å². The van der Waals surface area contributed by atoms with E-state index in [0.717, 1.165) is 37.1 Å². The minimum absolute atomic E-state index is 0.418. The van der Waals surface area contributed by atoms with Crippen molar-refractivity contribution in [3.8, 4) is 0 Å². The first-order valence-electron chi connectivity index (χ1n) is 7.10. The number of aromatic nitrogens is 2. The number of fused-ring (bicyclic) bond motifs is 1. The third kappa shape index (κ3) is 2.63. The Labute approximate surface area is 124 Å². The number of anilines is 1. The molecule has 2 aromatic rings. The predicted octanol–water partition coefficient (Wildman–Crippen LogP) is 3.66. The maximum absolute atomic E-state index is 6.14. The van der Waals surface area contributed by atoms with Crippen LogP contribution in [0.4, 0.5) is 5.82 Å². The maximum Gasteiger partial charge on any atom is 0.137 e. The lowest BCUT2D eigenvalue weighted by Gasteiger charge is -2.26. The molecule has 1 N–H and O–H groups in total. The molecule has 0 radical (unpaired) electrons. The van der Waals surface area contributed by atoms with Crippen molar-refractivity contribution >= 4 is 17.4 Å². The van der Waals surface area contributed by atoms with Gasteiger partial charge in [0.25, 0.3) is 0 Å². The van der Waals surface area contributed by atoms with Crippen LogP contribution in [0.25, 0.3) is 0 Å². The second kappa shape index (κ2) is 5.80. The minimum Gasteiger partial charge on any atom is -0.367 e. The summed E-state index contributed by atoms with van der Waals surface area (Å²) in [6, 6.07) is 9.09. The van der Waals surface area contributed by atoms with Crippen LogP contribution in [0.1, 0.15) is 30.0 Å². The molecule has 0 saturated carbocycles. The summed E-state index contributed by atoms with van der Waals surface area (Å²) >= 11 is 6.14. The van der Waals surface area contributed by atoms with Crippen LogP contribution >= 0.6 is 11.6 Å². The summed E-state index contributed by atoms with van der Waals surface area (Å²) in [6.45, 7) is 2.08. The Morgan fingerprint density at radius 1 is 1.25 bits per heavy atom. The van der Waals surface area contributed by atoms with Gasteiger partial charge in [-0.05, 0) is 36.8 Å². The molecule has 0 saturated heterocycles. The normalized spacial score (nSPS) is 17.6. The van der Waals surface area contributed by atoms with E-state index in [2.05, 4.69) is 46.5 Å². The average molecular weight is 288 g/mol. The van der Waals surface area contributed by atoms with E-state index in [4.69, 9.17) is 11.6 Å². The monoisotopic (exact) mass is 287 g/mol. The van der Waals surface area contributed by atoms with Gasteiger partial charge in [-0.2, -0.15) is 0 Å². The van der Waals surface area contributed by atoms with Crippen molar-refractivity contribution in [3.05, 3.63) is 52.4 Å². The Hall–Kier alpha value is -1.61. The zero-order valence-electron chi connectivity index (χ0n) is 11.6. The van der Waals surface area contributed by atoms with Gasteiger partial charge in [0.05, 0.1) is 0 Å². The standard InChI is InChI=1S/C16H18ClN3/c1-2-14-15(17)18-10-19-16(14)20-13-8-7-11-5-3-4-6-12(11)9-13/h3-6,10,13H,2,7-9H2,1H3,(H,18,19,20). The van der Waals surface area contributed by atoms with Gasteiger partial charge in [0, 0.05) is 11.6 Å². The lowest BCUT2D eigenvalue weighted by atomic mass is 9.88. The number of aryl methyl sites for hydroxylation is 1. The molecule has 0 fully saturated rings. The molecule has 0 aliphatic heterocycles. The fraction of sp³-hybridized carbons (Fsp3) is 0.375. The molecule has 0 amide bonds.